The average molecular weight is 420 g/mol. The third-order valence-electron chi connectivity index (χ3n) is 3.93. The monoisotopic (exact) mass is 420 g/mol. The van der Waals surface area contributed by atoms with Crippen LogP contribution in [0.1, 0.15) is 12.0 Å². The number of nitrogens with one attached hydrogen (secondary N) is 1. The van der Waals surface area contributed by atoms with Gasteiger partial charge in [-0.05, 0) is 40.3 Å². The lowest BCUT2D eigenvalue weighted by Crippen LogP contribution is -2.28. The Bertz CT molecular complexity index is 718. The van der Waals surface area contributed by atoms with Crippen LogP contribution in [-0.2, 0) is 16.1 Å². The fourth-order valence-electron chi connectivity index (χ4n) is 2.70. The fraction of sp³-hybridized carbons (Fsp3) is 0.222. The molecule has 1 fully saturated rings. The van der Waals surface area contributed by atoms with Crippen LogP contribution in [0.2, 0.25) is 0 Å². The van der Waals surface area contributed by atoms with Gasteiger partial charge < -0.3 is 10.2 Å². The van der Waals surface area contributed by atoms with Crippen molar-refractivity contribution in [1.29, 1.82) is 0 Å². The normalized spacial score (nSPS) is 17.3. The molecule has 3 rings (SSSR count). The number of carbonyl (C=O) groups excluding carboxylic acids is 2. The highest BCUT2D eigenvalue weighted by atomic mass is 127. The van der Waals surface area contributed by atoms with Crippen molar-refractivity contribution in [1.82, 2.24) is 4.90 Å². The van der Waals surface area contributed by atoms with Gasteiger partial charge in [0.05, 0.1) is 11.6 Å². The second-order valence-electron chi connectivity index (χ2n) is 5.63. The SMILES string of the molecule is O=C(Nc1ccccc1I)C1CC(=O)N(Cc2ccccc2)C1. The molecule has 0 bridgehead atoms. The van der Waals surface area contributed by atoms with Crippen molar-refractivity contribution in [2.75, 3.05) is 11.9 Å². The molecule has 2 aromatic rings. The summed E-state index contributed by atoms with van der Waals surface area (Å²) in [5, 5.41) is 2.93. The summed E-state index contributed by atoms with van der Waals surface area (Å²) in [6.45, 7) is 1.04. The number of anilines is 1. The topological polar surface area (TPSA) is 49.4 Å². The zero-order valence-electron chi connectivity index (χ0n) is 12.5. The zero-order chi connectivity index (χ0) is 16.2. The highest BCUT2D eigenvalue weighted by molar-refractivity contribution is 14.1. The van der Waals surface area contributed by atoms with Crippen molar-refractivity contribution in [3.63, 3.8) is 0 Å². The number of nitrogens with zero attached hydrogens (tertiary/aromatic N) is 1. The van der Waals surface area contributed by atoms with E-state index in [0.29, 0.717) is 13.1 Å². The molecule has 2 amide bonds. The molecule has 1 unspecified atom stereocenters. The maximum Gasteiger partial charge on any atom is 0.229 e. The van der Waals surface area contributed by atoms with Gasteiger partial charge in [0.15, 0.2) is 0 Å². The first-order valence-corrected chi connectivity index (χ1v) is 8.58. The molecule has 118 valence electrons. The van der Waals surface area contributed by atoms with Gasteiger partial charge in [-0.15, -0.1) is 0 Å². The van der Waals surface area contributed by atoms with Gasteiger partial charge in [-0.25, -0.2) is 0 Å². The Morgan fingerprint density at radius 1 is 1.13 bits per heavy atom. The Balaban J connectivity index is 1.63. The largest absolute Gasteiger partial charge is 0.338 e. The maximum absolute atomic E-state index is 12.4. The highest BCUT2D eigenvalue weighted by Crippen LogP contribution is 2.23. The lowest BCUT2D eigenvalue weighted by Gasteiger charge is -2.17. The van der Waals surface area contributed by atoms with Gasteiger partial charge in [0.1, 0.15) is 0 Å². The smallest absolute Gasteiger partial charge is 0.229 e. The molecular formula is C18H17IN2O2. The summed E-state index contributed by atoms with van der Waals surface area (Å²) >= 11 is 2.19. The minimum absolute atomic E-state index is 0.0387. The van der Waals surface area contributed by atoms with E-state index >= 15 is 0 Å². The molecule has 0 aliphatic carbocycles. The summed E-state index contributed by atoms with van der Waals surface area (Å²) < 4.78 is 0.990. The number of likely N-dealkylation sites (tertiary alicyclic amines) is 1. The third-order valence-corrected chi connectivity index (χ3v) is 4.87. The van der Waals surface area contributed by atoms with Crippen molar-refractivity contribution in [3.05, 3.63) is 63.7 Å². The van der Waals surface area contributed by atoms with Crippen LogP contribution in [0.15, 0.2) is 54.6 Å². The van der Waals surface area contributed by atoms with Crippen LogP contribution in [0.4, 0.5) is 5.69 Å². The zero-order valence-corrected chi connectivity index (χ0v) is 14.7. The quantitative estimate of drug-likeness (QED) is 0.773. The average Bonchev–Trinajstić information content (AvgIpc) is 2.92. The lowest BCUT2D eigenvalue weighted by molar-refractivity contribution is -0.128. The summed E-state index contributed by atoms with van der Waals surface area (Å²) in [7, 11) is 0. The Morgan fingerprint density at radius 3 is 2.57 bits per heavy atom. The van der Waals surface area contributed by atoms with Crippen molar-refractivity contribution in [2.24, 2.45) is 5.92 Å². The number of rotatable bonds is 4. The molecule has 1 aliphatic heterocycles. The third kappa shape index (κ3) is 3.90. The molecule has 0 radical (unpaired) electrons. The molecular weight excluding hydrogens is 403 g/mol. The summed E-state index contributed by atoms with van der Waals surface area (Å²) in [4.78, 5) is 26.3. The number of hydrogen-bond acceptors (Lipinski definition) is 2. The number of carbonyl (C=O) groups is 2. The highest BCUT2D eigenvalue weighted by Gasteiger charge is 2.34. The summed E-state index contributed by atoms with van der Waals surface area (Å²) in [5.74, 6) is -0.336. The molecule has 0 spiro atoms. The van der Waals surface area contributed by atoms with Gasteiger partial charge in [0.2, 0.25) is 11.8 Å². The first-order chi connectivity index (χ1) is 11.1. The number of amides is 2. The van der Waals surface area contributed by atoms with Crippen LogP contribution >= 0.6 is 22.6 Å². The molecule has 2 aromatic carbocycles. The second-order valence-corrected chi connectivity index (χ2v) is 6.79. The van der Waals surface area contributed by atoms with E-state index < -0.39 is 0 Å². The minimum atomic E-state index is -0.290. The second kappa shape index (κ2) is 7.12. The van der Waals surface area contributed by atoms with E-state index in [1.165, 1.54) is 0 Å². The van der Waals surface area contributed by atoms with Crippen LogP contribution in [0.5, 0.6) is 0 Å². The van der Waals surface area contributed by atoms with E-state index in [9.17, 15) is 9.59 Å². The molecule has 1 heterocycles. The molecule has 4 nitrogen and oxygen atoms in total. The number of benzene rings is 2. The molecule has 1 aliphatic rings. The van der Waals surface area contributed by atoms with Gasteiger partial charge in [0, 0.05) is 23.1 Å². The number of para-hydroxylation sites is 1. The summed E-state index contributed by atoms with van der Waals surface area (Å²) in [6, 6.07) is 17.5. The van der Waals surface area contributed by atoms with Gasteiger partial charge in [-0.1, -0.05) is 42.5 Å². The van der Waals surface area contributed by atoms with E-state index in [-0.39, 0.29) is 24.2 Å². The van der Waals surface area contributed by atoms with Gasteiger partial charge in [-0.3, -0.25) is 9.59 Å². The minimum Gasteiger partial charge on any atom is -0.338 e. The first kappa shape index (κ1) is 16.0. The summed E-state index contributed by atoms with van der Waals surface area (Å²) in [5.41, 5.74) is 1.88. The molecule has 1 N–H and O–H groups in total. The summed E-state index contributed by atoms with van der Waals surface area (Å²) in [6.07, 6.45) is 0.280. The maximum atomic E-state index is 12.4. The molecule has 5 heteroatoms. The van der Waals surface area contributed by atoms with Crippen molar-refractivity contribution in [3.8, 4) is 0 Å². The van der Waals surface area contributed by atoms with Crippen LogP contribution in [0.3, 0.4) is 0 Å². The first-order valence-electron chi connectivity index (χ1n) is 7.50. The molecule has 0 saturated carbocycles. The number of hydrogen-bond donors (Lipinski definition) is 1. The van der Waals surface area contributed by atoms with Crippen molar-refractivity contribution in [2.45, 2.75) is 13.0 Å². The molecule has 23 heavy (non-hydrogen) atoms. The van der Waals surface area contributed by atoms with Crippen LogP contribution in [0.25, 0.3) is 0 Å². The Morgan fingerprint density at radius 2 is 1.83 bits per heavy atom. The van der Waals surface area contributed by atoms with E-state index in [0.717, 1.165) is 14.8 Å². The molecule has 1 atom stereocenters. The van der Waals surface area contributed by atoms with Gasteiger partial charge in [-0.2, -0.15) is 0 Å². The van der Waals surface area contributed by atoms with Crippen molar-refractivity contribution < 1.29 is 9.59 Å². The Kier molecular flexibility index (Phi) is 4.95. The van der Waals surface area contributed by atoms with Crippen LogP contribution in [0, 0.1) is 9.49 Å². The number of halogens is 1. The van der Waals surface area contributed by atoms with Crippen LogP contribution < -0.4 is 5.32 Å². The Labute approximate surface area is 149 Å². The molecule has 1 saturated heterocycles. The molecule has 0 aromatic heterocycles. The predicted octanol–water partition coefficient (Wildman–Crippen LogP) is 3.28. The lowest BCUT2D eigenvalue weighted by atomic mass is 10.1. The van der Waals surface area contributed by atoms with E-state index in [1.54, 1.807) is 4.90 Å². The van der Waals surface area contributed by atoms with E-state index in [2.05, 4.69) is 27.9 Å². The van der Waals surface area contributed by atoms with Crippen molar-refractivity contribution >= 4 is 40.1 Å². The van der Waals surface area contributed by atoms with Gasteiger partial charge >= 0.3 is 0 Å². The van der Waals surface area contributed by atoms with E-state index in [1.807, 2.05) is 54.6 Å². The standard InChI is InChI=1S/C18H17IN2O2/c19-15-8-4-5-9-16(15)20-18(23)14-10-17(22)21(12-14)11-13-6-2-1-3-7-13/h1-9,14H,10-12H2,(H,20,23). The fourth-order valence-corrected chi connectivity index (χ4v) is 3.22. The predicted molar refractivity (Wildman–Crippen MR) is 97.8 cm³/mol. The van der Waals surface area contributed by atoms with E-state index in [4.69, 9.17) is 0 Å². The van der Waals surface area contributed by atoms with Gasteiger partial charge in [0.25, 0.3) is 0 Å². The Hall–Kier alpha value is -1.89. The van der Waals surface area contributed by atoms with Crippen LogP contribution in [-0.4, -0.2) is 23.3 Å².